The van der Waals surface area contributed by atoms with Crippen LogP contribution in [0, 0.1) is 5.82 Å². The lowest BCUT2D eigenvalue weighted by Gasteiger charge is -2.06. The van der Waals surface area contributed by atoms with Crippen LogP contribution in [-0.4, -0.2) is 38.4 Å². The van der Waals surface area contributed by atoms with Gasteiger partial charge in [-0.1, -0.05) is 6.92 Å². The van der Waals surface area contributed by atoms with Crippen LogP contribution in [0.25, 0.3) is 0 Å². The minimum absolute atomic E-state index is 0.0544. The van der Waals surface area contributed by atoms with Crippen molar-refractivity contribution >= 4 is 11.7 Å². The number of halogens is 1. The van der Waals surface area contributed by atoms with Gasteiger partial charge in [0.25, 0.3) is 0 Å². The molecule has 0 saturated carbocycles. The van der Waals surface area contributed by atoms with Gasteiger partial charge in [0, 0.05) is 31.5 Å². The second kappa shape index (κ2) is 9.07. The van der Waals surface area contributed by atoms with Gasteiger partial charge in [-0.25, -0.2) is 4.39 Å². The van der Waals surface area contributed by atoms with Gasteiger partial charge in [-0.05, 0) is 24.7 Å². The van der Waals surface area contributed by atoms with Crippen molar-refractivity contribution in [3.05, 3.63) is 29.6 Å². The van der Waals surface area contributed by atoms with Crippen LogP contribution in [0.4, 0.5) is 4.39 Å². The predicted molar refractivity (Wildman–Crippen MR) is 78.1 cm³/mol. The topological polar surface area (TPSA) is 67.4 Å². The number of hydrogen-bond acceptors (Lipinski definition) is 4. The molecule has 1 aromatic carbocycles. The maximum Gasteiger partial charge on any atom is 0.220 e. The van der Waals surface area contributed by atoms with E-state index in [1.165, 1.54) is 19.2 Å². The van der Waals surface area contributed by atoms with Crippen molar-refractivity contribution in [2.45, 2.75) is 19.8 Å². The van der Waals surface area contributed by atoms with Crippen LogP contribution in [0.1, 0.15) is 30.1 Å². The van der Waals surface area contributed by atoms with Gasteiger partial charge in [0.15, 0.2) is 17.3 Å². The fraction of sp³-hybridized carbons (Fsp3) is 0.467. The van der Waals surface area contributed by atoms with E-state index in [0.717, 1.165) is 12.6 Å². The van der Waals surface area contributed by atoms with Crippen LogP contribution in [0.3, 0.4) is 0 Å². The largest absolute Gasteiger partial charge is 0.494 e. The smallest absolute Gasteiger partial charge is 0.220 e. The molecule has 21 heavy (non-hydrogen) atoms. The van der Waals surface area contributed by atoms with E-state index < -0.39 is 5.82 Å². The number of ether oxygens (including phenoxy) is 1. The Morgan fingerprint density at radius 1 is 1.24 bits per heavy atom. The van der Waals surface area contributed by atoms with Crippen molar-refractivity contribution in [3.8, 4) is 5.75 Å². The number of Topliss-reactive ketones (excluding diaryl/α,β-unsaturated/α-hetero) is 1. The van der Waals surface area contributed by atoms with E-state index in [2.05, 4.69) is 10.6 Å². The van der Waals surface area contributed by atoms with Crippen LogP contribution in [0.5, 0.6) is 5.75 Å². The summed E-state index contributed by atoms with van der Waals surface area (Å²) in [4.78, 5) is 23.4. The van der Waals surface area contributed by atoms with Gasteiger partial charge in [0.2, 0.25) is 5.91 Å². The van der Waals surface area contributed by atoms with Gasteiger partial charge < -0.3 is 15.4 Å². The summed E-state index contributed by atoms with van der Waals surface area (Å²) in [6, 6.07) is 4.02. The van der Waals surface area contributed by atoms with Crippen LogP contribution in [0.2, 0.25) is 0 Å². The number of rotatable bonds is 9. The summed E-state index contributed by atoms with van der Waals surface area (Å²) in [5.74, 6) is -0.945. The molecule has 1 rings (SSSR count). The molecule has 0 aliphatic rings. The molecule has 0 heterocycles. The summed E-state index contributed by atoms with van der Waals surface area (Å²) in [6.07, 6.45) is 0.150. The zero-order valence-corrected chi connectivity index (χ0v) is 12.4. The average molecular weight is 296 g/mol. The number of methoxy groups -OCH3 is 1. The Labute approximate surface area is 123 Å². The first kappa shape index (κ1) is 17.1. The number of carbonyl (C=O) groups is 2. The lowest BCUT2D eigenvalue weighted by Crippen LogP contribution is -2.31. The molecule has 0 bridgehead atoms. The zero-order valence-electron chi connectivity index (χ0n) is 12.4. The highest BCUT2D eigenvalue weighted by atomic mass is 19.1. The van der Waals surface area contributed by atoms with E-state index in [1.54, 1.807) is 0 Å². The quantitative estimate of drug-likeness (QED) is 0.535. The highest BCUT2D eigenvalue weighted by Gasteiger charge is 2.12. The van der Waals surface area contributed by atoms with E-state index in [0.29, 0.717) is 13.1 Å². The third-order valence-corrected chi connectivity index (χ3v) is 2.93. The number of nitrogens with one attached hydrogen (secondary N) is 2. The van der Waals surface area contributed by atoms with Crippen molar-refractivity contribution in [2.24, 2.45) is 0 Å². The van der Waals surface area contributed by atoms with E-state index in [4.69, 9.17) is 4.74 Å². The highest BCUT2D eigenvalue weighted by Crippen LogP contribution is 2.18. The molecule has 1 aromatic rings. The molecular weight excluding hydrogens is 275 g/mol. The van der Waals surface area contributed by atoms with Gasteiger partial charge in [0.1, 0.15) is 0 Å². The third kappa shape index (κ3) is 5.91. The summed E-state index contributed by atoms with van der Waals surface area (Å²) < 4.78 is 18.3. The van der Waals surface area contributed by atoms with Gasteiger partial charge in [-0.15, -0.1) is 0 Å². The van der Waals surface area contributed by atoms with Crippen LogP contribution < -0.4 is 15.4 Å². The minimum Gasteiger partial charge on any atom is -0.494 e. The maximum atomic E-state index is 13.5. The number of ketones is 1. The Morgan fingerprint density at radius 2 is 2.00 bits per heavy atom. The number of benzene rings is 1. The molecule has 0 fully saturated rings. The molecule has 5 nitrogen and oxygen atoms in total. The van der Waals surface area contributed by atoms with Crippen LogP contribution >= 0.6 is 0 Å². The van der Waals surface area contributed by atoms with Gasteiger partial charge in [-0.2, -0.15) is 0 Å². The number of carbonyl (C=O) groups excluding carboxylic acids is 2. The van der Waals surface area contributed by atoms with Crippen molar-refractivity contribution in [3.63, 3.8) is 0 Å². The monoisotopic (exact) mass is 296 g/mol. The minimum atomic E-state index is -0.585. The predicted octanol–water partition coefficient (Wildman–Crippen LogP) is 1.52. The Hall–Kier alpha value is -1.95. The lowest BCUT2D eigenvalue weighted by atomic mass is 10.1. The first-order valence-electron chi connectivity index (χ1n) is 6.92. The molecule has 1 amide bonds. The molecule has 2 N–H and O–H groups in total. The van der Waals surface area contributed by atoms with E-state index in [-0.39, 0.29) is 35.8 Å². The van der Waals surface area contributed by atoms with Gasteiger partial charge in [-0.3, -0.25) is 9.59 Å². The molecule has 6 heteroatoms. The second-order valence-electron chi connectivity index (χ2n) is 4.48. The molecular formula is C15H21FN2O3. The van der Waals surface area contributed by atoms with Crippen molar-refractivity contribution < 1.29 is 18.7 Å². The van der Waals surface area contributed by atoms with Crippen molar-refractivity contribution in [1.82, 2.24) is 10.6 Å². The van der Waals surface area contributed by atoms with Gasteiger partial charge >= 0.3 is 0 Å². The normalized spacial score (nSPS) is 10.2. The summed E-state index contributed by atoms with van der Waals surface area (Å²) in [7, 11) is 1.36. The zero-order chi connectivity index (χ0) is 15.7. The van der Waals surface area contributed by atoms with E-state index in [9.17, 15) is 14.0 Å². The summed E-state index contributed by atoms with van der Waals surface area (Å²) >= 11 is 0. The summed E-state index contributed by atoms with van der Waals surface area (Å²) in [6.45, 7) is 4.05. The van der Waals surface area contributed by atoms with Crippen LogP contribution in [-0.2, 0) is 4.79 Å². The Balaban J connectivity index is 2.39. The Kier molecular flexibility index (Phi) is 7.39. The van der Waals surface area contributed by atoms with Crippen molar-refractivity contribution in [1.29, 1.82) is 0 Å². The first-order valence-corrected chi connectivity index (χ1v) is 6.92. The molecule has 0 aromatic heterocycles. The highest BCUT2D eigenvalue weighted by molar-refractivity contribution is 5.98. The molecule has 0 aliphatic carbocycles. The Morgan fingerprint density at radius 3 is 2.62 bits per heavy atom. The molecule has 0 atom stereocenters. The number of likely N-dealkylation sites (N-methyl/N-ethyl adjacent to an activating group) is 1. The third-order valence-electron chi connectivity index (χ3n) is 2.93. The summed E-state index contributed by atoms with van der Waals surface area (Å²) in [5, 5.41) is 5.78. The van der Waals surface area contributed by atoms with Crippen LogP contribution in [0.15, 0.2) is 18.2 Å². The first-order chi connectivity index (χ1) is 10.1. The molecule has 116 valence electrons. The Bertz CT molecular complexity index is 492. The standard InChI is InChI=1S/C15H21FN2O3/c1-3-17-8-9-18-15(20)7-5-13(19)11-4-6-14(21-2)12(16)10-11/h4,6,10,17H,3,5,7-9H2,1-2H3,(H,18,20). The summed E-state index contributed by atoms with van der Waals surface area (Å²) in [5.41, 5.74) is 0.244. The molecule has 0 saturated heterocycles. The SMILES string of the molecule is CCNCCNC(=O)CCC(=O)c1ccc(OC)c(F)c1. The van der Waals surface area contributed by atoms with Gasteiger partial charge in [0.05, 0.1) is 7.11 Å². The number of amides is 1. The lowest BCUT2D eigenvalue weighted by molar-refractivity contribution is -0.121. The average Bonchev–Trinajstić information content (AvgIpc) is 2.49. The molecule has 0 spiro atoms. The fourth-order valence-electron chi connectivity index (χ4n) is 1.77. The van der Waals surface area contributed by atoms with E-state index >= 15 is 0 Å². The van der Waals surface area contributed by atoms with E-state index in [1.807, 2.05) is 6.92 Å². The molecule has 0 radical (unpaired) electrons. The number of hydrogen-bond donors (Lipinski definition) is 2. The second-order valence-corrected chi connectivity index (χ2v) is 4.48. The molecule has 0 unspecified atom stereocenters. The molecule has 0 aliphatic heterocycles. The van der Waals surface area contributed by atoms with Crippen molar-refractivity contribution in [2.75, 3.05) is 26.7 Å². The maximum absolute atomic E-state index is 13.5. The fourth-order valence-corrected chi connectivity index (χ4v) is 1.77.